The maximum absolute atomic E-state index is 11.4. The summed E-state index contributed by atoms with van der Waals surface area (Å²) < 4.78 is 5.05. The summed E-state index contributed by atoms with van der Waals surface area (Å²) in [4.78, 5) is 26.1. The number of nitrogens with zero attached hydrogens (tertiary/aromatic N) is 1. The number of esters is 1. The molecular weight excluding hydrogens is 264 g/mol. The van der Waals surface area contributed by atoms with Crippen LogP contribution in [0.2, 0.25) is 0 Å². The summed E-state index contributed by atoms with van der Waals surface area (Å²) in [5.41, 5.74) is 0. The lowest BCUT2D eigenvalue weighted by Gasteiger charge is -2.12. The van der Waals surface area contributed by atoms with Crippen LogP contribution in [0.3, 0.4) is 0 Å². The molecule has 0 radical (unpaired) electrons. The second kappa shape index (κ2) is 11.5. The second-order valence-electron chi connectivity index (χ2n) is 4.93. The van der Waals surface area contributed by atoms with Crippen molar-refractivity contribution in [3.05, 3.63) is 10.1 Å². The monoisotopic (exact) mass is 290 g/mol. The van der Waals surface area contributed by atoms with Gasteiger partial charge in [0.05, 0.1) is 0 Å². The van der Waals surface area contributed by atoms with E-state index in [2.05, 4.69) is 10.2 Å². The predicted octanol–water partition coefficient (Wildman–Crippen LogP) is 2.07. The molecule has 0 fully saturated rings. The van der Waals surface area contributed by atoms with E-state index in [1.165, 1.54) is 0 Å². The van der Waals surface area contributed by atoms with Crippen molar-refractivity contribution in [3.63, 3.8) is 0 Å². The molecule has 7 heteroatoms. The summed E-state index contributed by atoms with van der Waals surface area (Å²) in [5, 5.41) is 12.6. The summed E-state index contributed by atoms with van der Waals surface area (Å²) in [5.74, 6) is -0.223. The molecule has 0 aliphatic heterocycles. The summed E-state index contributed by atoms with van der Waals surface area (Å²) in [7, 11) is 0. The van der Waals surface area contributed by atoms with E-state index in [0.29, 0.717) is 51.3 Å². The van der Waals surface area contributed by atoms with Crippen LogP contribution in [0.4, 0.5) is 0 Å². The van der Waals surface area contributed by atoms with Crippen LogP contribution < -0.4 is 5.32 Å². The van der Waals surface area contributed by atoms with Crippen LogP contribution in [0.15, 0.2) is 0 Å². The van der Waals surface area contributed by atoms with Crippen molar-refractivity contribution in [2.45, 2.75) is 65.0 Å². The number of ether oxygens (including phenoxy) is 1. The number of carbonyl (C=O) groups excluding carboxylic acids is 1. The third kappa shape index (κ3) is 11.7. The molecule has 118 valence electrons. The topological polar surface area (TPSA) is 90.7 Å². The van der Waals surface area contributed by atoms with E-state index in [1.807, 2.05) is 20.8 Å². The molecule has 0 saturated heterocycles. The van der Waals surface area contributed by atoms with E-state index in [-0.39, 0.29) is 12.1 Å². The summed E-state index contributed by atoms with van der Waals surface area (Å²) in [6.45, 7) is 6.92. The minimum absolute atomic E-state index is 0.223. The first-order valence-corrected chi connectivity index (χ1v) is 7.15. The highest BCUT2D eigenvalue weighted by molar-refractivity contribution is 5.69. The molecule has 1 unspecified atom stereocenters. The first kappa shape index (κ1) is 18.6. The average molecular weight is 290 g/mol. The Morgan fingerprint density at radius 1 is 1.35 bits per heavy atom. The standard InChI is InChI=1S/C13H26N2O5/c1-4-12(20-15(17)18)7-5-6-8-13(16)19-10-9-14-11(2)3/h11-12,14H,4-10H2,1-3H3. The Morgan fingerprint density at radius 3 is 2.60 bits per heavy atom. The van der Waals surface area contributed by atoms with Crippen LogP contribution in [-0.2, 0) is 14.4 Å². The molecule has 0 amide bonds. The van der Waals surface area contributed by atoms with Crippen molar-refractivity contribution in [3.8, 4) is 0 Å². The van der Waals surface area contributed by atoms with Gasteiger partial charge in [0.1, 0.15) is 12.7 Å². The Labute approximate surface area is 120 Å². The van der Waals surface area contributed by atoms with Gasteiger partial charge in [0, 0.05) is 19.0 Å². The molecule has 0 aromatic heterocycles. The molecule has 0 aromatic carbocycles. The van der Waals surface area contributed by atoms with Crippen LogP contribution in [0.5, 0.6) is 0 Å². The molecule has 0 aromatic rings. The van der Waals surface area contributed by atoms with Gasteiger partial charge < -0.3 is 14.9 Å². The summed E-state index contributed by atoms with van der Waals surface area (Å²) in [6, 6.07) is 0.376. The average Bonchev–Trinajstić information content (AvgIpc) is 2.37. The number of unbranched alkanes of at least 4 members (excludes halogenated alkanes) is 1. The molecule has 7 nitrogen and oxygen atoms in total. The normalized spacial score (nSPS) is 12.2. The summed E-state index contributed by atoms with van der Waals surface area (Å²) in [6.07, 6.45) is 2.51. The molecule has 0 saturated carbocycles. The van der Waals surface area contributed by atoms with Crippen molar-refractivity contribution in [1.82, 2.24) is 5.32 Å². The van der Waals surface area contributed by atoms with Crippen LogP contribution in [-0.4, -0.2) is 36.4 Å². The lowest BCUT2D eigenvalue weighted by molar-refractivity contribution is -0.768. The van der Waals surface area contributed by atoms with Gasteiger partial charge >= 0.3 is 5.97 Å². The van der Waals surface area contributed by atoms with Gasteiger partial charge in [0.25, 0.3) is 5.09 Å². The van der Waals surface area contributed by atoms with Gasteiger partial charge in [-0.25, -0.2) is 0 Å². The fourth-order valence-electron chi connectivity index (χ4n) is 1.68. The van der Waals surface area contributed by atoms with Gasteiger partial charge in [0.2, 0.25) is 0 Å². The fourth-order valence-corrected chi connectivity index (χ4v) is 1.68. The van der Waals surface area contributed by atoms with E-state index in [1.54, 1.807) is 0 Å². The Hall–Kier alpha value is -1.37. The molecule has 0 rings (SSSR count). The maximum atomic E-state index is 11.4. The number of hydrogen-bond acceptors (Lipinski definition) is 6. The minimum Gasteiger partial charge on any atom is -0.464 e. The second-order valence-corrected chi connectivity index (χ2v) is 4.93. The molecule has 0 heterocycles. The Bertz CT molecular complexity index is 284. The SMILES string of the molecule is CCC(CCCCC(=O)OCCNC(C)C)O[N+](=O)[O-]. The molecule has 20 heavy (non-hydrogen) atoms. The predicted molar refractivity (Wildman–Crippen MR) is 74.7 cm³/mol. The lowest BCUT2D eigenvalue weighted by atomic mass is 10.1. The minimum atomic E-state index is -0.760. The zero-order chi connectivity index (χ0) is 15.4. The van der Waals surface area contributed by atoms with Crippen LogP contribution in [0, 0.1) is 10.1 Å². The number of nitrogens with one attached hydrogen (secondary N) is 1. The van der Waals surface area contributed by atoms with Crippen LogP contribution >= 0.6 is 0 Å². The van der Waals surface area contributed by atoms with Crippen molar-refractivity contribution >= 4 is 5.97 Å². The molecule has 0 bridgehead atoms. The van der Waals surface area contributed by atoms with Gasteiger partial charge in [0.15, 0.2) is 0 Å². The van der Waals surface area contributed by atoms with Gasteiger partial charge in [-0.2, -0.15) is 0 Å². The van der Waals surface area contributed by atoms with Crippen molar-refractivity contribution < 1.29 is 19.5 Å². The molecule has 1 N–H and O–H groups in total. The highest BCUT2D eigenvalue weighted by atomic mass is 17.0. The van der Waals surface area contributed by atoms with Crippen molar-refractivity contribution in [2.24, 2.45) is 0 Å². The van der Waals surface area contributed by atoms with E-state index < -0.39 is 5.09 Å². The molecule has 0 spiro atoms. The zero-order valence-corrected chi connectivity index (χ0v) is 12.6. The zero-order valence-electron chi connectivity index (χ0n) is 12.6. The summed E-state index contributed by atoms with van der Waals surface area (Å²) >= 11 is 0. The first-order chi connectivity index (χ1) is 9.45. The Kier molecular flexibility index (Phi) is 10.7. The Balaban J connectivity index is 3.53. The smallest absolute Gasteiger partial charge is 0.305 e. The largest absolute Gasteiger partial charge is 0.464 e. The molecule has 1 atom stereocenters. The molecular formula is C13H26N2O5. The lowest BCUT2D eigenvalue weighted by Crippen LogP contribution is -2.27. The third-order valence-corrected chi connectivity index (χ3v) is 2.77. The number of rotatable bonds is 12. The van der Waals surface area contributed by atoms with E-state index in [9.17, 15) is 14.9 Å². The Morgan fingerprint density at radius 2 is 2.05 bits per heavy atom. The van der Waals surface area contributed by atoms with Gasteiger partial charge in [-0.1, -0.05) is 27.2 Å². The van der Waals surface area contributed by atoms with Crippen molar-refractivity contribution in [2.75, 3.05) is 13.2 Å². The highest BCUT2D eigenvalue weighted by Gasteiger charge is 2.11. The maximum Gasteiger partial charge on any atom is 0.305 e. The van der Waals surface area contributed by atoms with E-state index in [4.69, 9.17) is 4.74 Å². The quantitative estimate of drug-likeness (QED) is 0.256. The van der Waals surface area contributed by atoms with Crippen molar-refractivity contribution in [1.29, 1.82) is 0 Å². The molecule has 0 aliphatic carbocycles. The number of carbonyl (C=O) groups is 1. The fraction of sp³-hybridized carbons (Fsp3) is 0.923. The molecule has 0 aliphatic rings. The van der Waals surface area contributed by atoms with Gasteiger partial charge in [-0.15, -0.1) is 10.1 Å². The van der Waals surface area contributed by atoms with Crippen LogP contribution in [0.25, 0.3) is 0 Å². The van der Waals surface area contributed by atoms with Crippen LogP contribution in [0.1, 0.15) is 52.9 Å². The third-order valence-electron chi connectivity index (χ3n) is 2.77. The van der Waals surface area contributed by atoms with E-state index in [0.717, 1.165) is 0 Å². The first-order valence-electron chi connectivity index (χ1n) is 7.15. The number of hydrogen-bond donors (Lipinski definition) is 1. The highest BCUT2D eigenvalue weighted by Crippen LogP contribution is 2.10. The van der Waals surface area contributed by atoms with Gasteiger partial charge in [-0.05, 0) is 19.3 Å². The van der Waals surface area contributed by atoms with Gasteiger partial charge in [-0.3, -0.25) is 4.79 Å². The van der Waals surface area contributed by atoms with E-state index >= 15 is 0 Å².